The van der Waals surface area contributed by atoms with Gasteiger partial charge in [-0.2, -0.15) is 0 Å². The molecule has 0 heterocycles. The quantitative estimate of drug-likeness (QED) is 0.672. The maximum Gasteiger partial charge on any atom is 0.178 e. The highest BCUT2D eigenvalue weighted by atomic mass is 16.3. The molecule has 0 bridgehead atoms. The molecule has 0 aliphatic heterocycles. The molecule has 0 aromatic carbocycles. The Bertz CT molecular complexity index is 600. The number of ketones is 1. The maximum atomic E-state index is 11.6. The maximum absolute atomic E-state index is 11.6. The molecule has 0 aromatic rings. The van der Waals surface area contributed by atoms with E-state index in [1.807, 2.05) is 0 Å². The Kier molecular flexibility index (Phi) is 2.68. The first-order valence-corrected chi connectivity index (χ1v) is 8.00. The standard InChI is InChI=1S/C18H22O3/c1-17-8-7-15-13(14(17)4-5-16(17)20)3-2-11-10-12(19)6-9-18(11,15)21/h6-7,9-10,13-14,16,20-21H,2-5,8H2,1H3/t13-,14-,16?,17-,18+/m0/s1. The monoisotopic (exact) mass is 286 g/mol. The number of fused-ring (bicyclic) bond motifs is 5. The van der Waals surface area contributed by atoms with Gasteiger partial charge in [-0.25, -0.2) is 0 Å². The summed E-state index contributed by atoms with van der Waals surface area (Å²) in [5, 5.41) is 21.5. The molecule has 4 aliphatic carbocycles. The molecule has 0 spiro atoms. The van der Waals surface area contributed by atoms with Crippen molar-refractivity contribution in [1.29, 1.82) is 0 Å². The van der Waals surface area contributed by atoms with E-state index in [9.17, 15) is 15.0 Å². The Labute approximate surface area is 125 Å². The lowest BCUT2D eigenvalue weighted by atomic mass is 9.56. The number of hydrogen-bond donors (Lipinski definition) is 2. The van der Waals surface area contributed by atoms with Crippen LogP contribution in [0.1, 0.15) is 39.0 Å². The topological polar surface area (TPSA) is 57.5 Å². The van der Waals surface area contributed by atoms with Gasteiger partial charge in [0, 0.05) is 5.41 Å². The van der Waals surface area contributed by atoms with Gasteiger partial charge >= 0.3 is 0 Å². The number of carbonyl (C=O) groups excluding carboxylic acids is 1. The summed E-state index contributed by atoms with van der Waals surface area (Å²) in [5.74, 6) is 0.760. The molecule has 3 nitrogen and oxygen atoms in total. The Balaban J connectivity index is 1.78. The smallest absolute Gasteiger partial charge is 0.178 e. The lowest BCUT2D eigenvalue weighted by molar-refractivity contribution is -0.110. The zero-order chi connectivity index (χ0) is 14.8. The fraction of sp³-hybridized carbons (Fsp3) is 0.611. The molecule has 0 radical (unpaired) electrons. The summed E-state index contributed by atoms with van der Waals surface area (Å²) < 4.78 is 0. The minimum Gasteiger partial charge on any atom is -0.393 e. The Morgan fingerprint density at radius 2 is 2.10 bits per heavy atom. The van der Waals surface area contributed by atoms with Crippen LogP contribution >= 0.6 is 0 Å². The van der Waals surface area contributed by atoms with Crippen LogP contribution in [0.4, 0.5) is 0 Å². The number of allylic oxidation sites excluding steroid dienone is 3. The van der Waals surface area contributed by atoms with E-state index in [-0.39, 0.29) is 17.3 Å². The second kappa shape index (κ2) is 4.17. The first-order valence-electron chi connectivity index (χ1n) is 8.00. The van der Waals surface area contributed by atoms with Gasteiger partial charge < -0.3 is 10.2 Å². The van der Waals surface area contributed by atoms with Gasteiger partial charge in [0.2, 0.25) is 0 Å². The average Bonchev–Trinajstić information content (AvgIpc) is 2.76. The zero-order valence-electron chi connectivity index (χ0n) is 12.4. The second-order valence-electron chi connectivity index (χ2n) is 7.39. The van der Waals surface area contributed by atoms with Crippen molar-refractivity contribution in [3.63, 3.8) is 0 Å². The van der Waals surface area contributed by atoms with Crippen LogP contribution in [0.15, 0.2) is 35.5 Å². The third kappa shape index (κ3) is 1.65. The summed E-state index contributed by atoms with van der Waals surface area (Å²) in [6.07, 6.45) is 11.2. The second-order valence-corrected chi connectivity index (χ2v) is 7.39. The fourth-order valence-electron chi connectivity index (χ4n) is 5.18. The van der Waals surface area contributed by atoms with Crippen LogP contribution in [-0.4, -0.2) is 27.7 Å². The van der Waals surface area contributed by atoms with E-state index < -0.39 is 5.60 Å². The highest BCUT2D eigenvalue weighted by Crippen LogP contribution is 2.59. The molecule has 5 atom stereocenters. The molecule has 0 saturated heterocycles. The van der Waals surface area contributed by atoms with Crippen LogP contribution in [0, 0.1) is 17.3 Å². The van der Waals surface area contributed by atoms with Gasteiger partial charge in [-0.15, -0.1) is 0 Å². The number of aliphatic hydroxyl groups excluding tert-OH is 1. The van der Waals surface area contributed by atoms with Crippen molar-refractivity contribution < 1.29 is 15.0 Å². The van der Waals surface area contributed by atoms with E-state index in [1.165, 1.54) is 6.08 Å². The predicted molar refractivity (Wildman–Crippen MR) is 79.4 cm³/mol. The predicted octanol–water partition coefficient (Wildman–Crippen LogP) is 2.30. The highest BCUT2D eigenvalue weighted by Gasteiger charge is 2.55. The van der Waals surface area contributed by atoms with E-state index in [0.29, 0.717) is 11.8 Å². The number of carbonyl (C=O) groups is 1. The summed E-state index contributed by atoms with van der Waals surface area (Å²) >= 11 is 0. The third-order valence-corrected chi connectivity index (χ3v) is 6.47. The van der Waals surface area contributed by atoms with Gasteiger partial charge in [-0.3, -0.25) is 4.79 Å². The Morgan fingerprint density at radius 1 is 1.29 bits per heavy atom. The SMILES string of the molecule is C[C@]12CC=C3[C@@H](CCC4=CC(=O)C=C[C@@]43O)[C@@H]1CCC2O. The molecule has 2 fully saturated rings. The van der Waals surface area contributed by atoms with Crippen molar-refractivity contribution in [3.8, 4) is 0 Å². The van der Waals surface area contributed by atoms with Gasteiger partial charge in [-0.1, -0.05) is 13.0 Å². The van der Waals surface area contributed by atoms with Crippen molar-refractivity contribution in [2.24, 2.45) is 17.3 Å². The molecule has 4 aliphatic rings. The van der Waals surface area contributed by atoms with Crippen molar-refractivity contribution in [1.82, 2.24) is 0 Å². The van der Waals surface area contributed by atoms with Crippen molar-refractivity contribution in [2.75, 3.05) is 0 Å². The lowest BCUT2D eigenvalue weighted by Gasteiger charge is -2.50. The van der Waals surface area contributed by atoms with Crippen LogP contribution in [0.2, 0.25) is 0 Å². The molecule has 2 saturated carbocycles. The van der Waals surface area contributed by atoms with E-state index >= 15 is 0 Å². The molecule has 4 rings (SSSR count). The molecule has 21 heavy (non-hydrogen) atoms. The minimum atomic E-state index is -1.05. The fourth-order valence-corrected chi connectivity index (χ4v) is 5.18. The van der Waals surface area contributed by atoms with E-state index in [0.717, 1.165) is 43.3 Å². The summed E-state index contributed by atoms with van der Waals surface area (Å²) in [6, 6.07) is 0. The zero-order valence-corrected chi connectivity index (χ0v) is 12.4. The van der Waals surface area contributed by atoms with Gasteiger partial charge in [0.05, 0.1) is 6.10 Å². The molecule has 3 heteroatoms. The Morgan fingerprint density at radius 3 is 2.90 bits per heavy atom. The molecular weight excluding hydrogens is 264 g/mol. The van der Waals surface area contributed by atoms with E-state index in [1.54, 1.807) is 12.2 Å². The van der Waals surface area contributed by atoms with Gasteiger partial charge in [0.1, 0.15) is 5.60 Å². The molecular formula is C18H22O3. The molecule has 0 amide bonds. The lowest BCUT2D eigenvalue weighted by Crippen LogP contribution is -2.48. The van der Waals surface area contributed by atoms with Gasteiger partial charge in [0.15, 0.2) is 5.78 Å². The van der Waals surface area contributed by atoms with Crippen LogP contribution < -0.4 is 0 Å². The number of aliphatic hydroxyl groups is 2. The summed E-state index contributed by atoms with van der Waals surface area (Å²) in [5.41, 5.74) is 0.825. The molecule has 2 N–H and O–H groups in total. The van der Waals surface area contributed by atoms with Crippen LogP contribution in [0.25, 0.3) is 0 Å². The van der Waals surface area contributed by atoms with Crippen LogP contribution in [-0.2, 0) is 4.79 Å². The summed E-state index contributed by atoms with van der Waals surface area (Å²) in [6.45, 7) is 2.19. The van der Waals surface area contributed by atoms with Crippen LogP contribution in [0.3, 0.4) is 0 Å². The van der Waals surface area contributed by atoms with E-state index in [4.69, 9.17) is 0 Å². The third-order valence-electron chi connectivity index (χ3n) is 6.47. The first kappa shape index (κ1) is 13.5. The van der Waals surface area contributed by atoms with Gasteiger partial charge in [-0.05, 0) is 73.3 Å². The summed E-state index contributed by atoms with van der Waals surface area (Å²) in [4.78, 5) is 11.6. The molecule has 112 valence electrons. The van der Waals surface area contributed by atoms with Crippen LogP contribution in [0.5, 0.6) is 0 Å². The Hall–Kier alpha value is -1.19. The van der Waals surface area contributed by atoms with Gasteiger partial charge in [0.25, 0.3) is 0 Å². The first-order chi connectivity index (χ1) is 9.95. The summed E-state index contributed by atoms with van der Waals surface area (Å²) in [7, 11) is 0. The largest absolute Gasteiger partial charge is 0.393 e. The average molecular weight is 286 g/mol. The highest BCUT2D eigenvalue weighted by molar-refractivity contribution is 6.01. The molecule has 1 unspecified atom stereocenters. The molecule has 0 aromatic heterocycles. The van der Waals surface area contributed by atoms with Crippen molar-refractivity contribution in [3.05, 3.63) is 35.5 Å². The van der Waals surface area contributed by atoms with Crippen molar-refractivity contribution >= 4 is 5.78 Å². The normalized spacial score (nSPS) is 48.1. The van der Waals surface area contributed by atoms with E-state index in [2.05, 4.69) is 13.0 Å². The number of hydrogen-bond acceptors (Lipinski definition) is 3. The van der Waals surface area contributed by atoms with Crippen molar-refractivity contribution in [2.45, 2.75) is 50.7 Å². The minimum absolute atomic E-state index is 0.0225. The number of rotatable bonds is 0.